The molecule has 1 rings (SSSR count). The van der Waals surface area contributed by atoms with Crippen molar-refractivity contribution in [1.82, 2.24) is 0 Å². The van der Waals surface area contributed by atoms with Crippen LogP contribution in [0.4, 0.5) is 18.9 Å². The number of aliphatic carboxylic acids is 1. The SMILES string of the molecule is CC(=O)C(C(=O)O)N(C(=O)C(N)C(C)C)c1cccc(C(F)(F)F)c1. The Kier molecular flexibility index (Phi) is 6.31. The molecule has 0 heterocycles. The maximum absolute atomic E-state index is 12.9. The molecule has 0 aromatic heterocycles. The fraction of sp³-hybridized carbons (Fsp3) is 0.438. The maximum Gasteiger partial charge on any atom is 0.416 e. The van der Waals surface area contributed by atoms with Gasteiger partial charge in [0, 0.05) is 5.69 Å². The predicted octanol–water partition coefficient (Wildman–Crippen LogP) is 2.06. The van der Waals surface area contributed by atoms with E-state index in [1.54, 1.807) is 13.8 Å². The number of halogens is 3. The van der Waals surface area contributed by atoms with Crippen LogP contribution in [0.3, 0.4) is 0 Å². The van der Waals surface area contributed by atoms with Crippen LogP contribution >= 0.6 is 0 Å². The van der Waals surface area contributed by atoms with E-state index in [1.807, 2.05) is 0 Å². The van der Waals surface area contributed by atoms with Gasteiger partial charge in [0.1, 0.15) is 0 Å². The molecular weight excluding hydrogens is 341 g/mol. The van der Waals surface area contributed by atoms with E-state index >= 15 is 0 Å². The van der Waals surface area contributed by atoms with Gasteiger partial charge in [-0.25, -0.2) is 4.79 Å². The Bertz CT molecular complexity index is 660. The van der Waals surface area contributed by atoms with E-state index in [-0.39, 0.29) is 5.69 Å². The van der Waals surface area contributed by atoms with Gasteiger partial charge in [-0.3, -0.25) is 14.5 Å². The van der Waals surface area contributed by atoms with Crippen LogP contribution in [0, 0.1) is 5.92 Å². The number of amides is 1. The molecule has 1 aromatic carbocycles. The number of hydrogen-bond donors (Lipinski definition) is 2. The van der Waals surface area contributed by atoms with E-state index in [2.05, 4.69) is 0 Å². The molecule has 0 fully saturated rings. The number of carboxylic acid groups (broad SMARTS) is 1. The van der Waals surface area contributed by atoms with E-state index < -0.39 is 47.4 Å². The lowest BCUT2D eigenvalue weighted by Crippen LogP contribution is -2.56. The number of nitrogens with zero attached hydrogens (tertiary/aromatic N) is 1. The normalized spacial score (nSPS) is 14.1. The van der Waals surface area contributed by atoms with E-state index in [1.165, 1.54) is 0 Å². The molecule has 0 spiro atoms. The number of carbonyl (C=O) groups excluding carboxylic acids is 2. The Morgan fingerprint density at radius 1 is 1.20 bits per heavy atom. The van der Waals surface area contributed by atoms with E-state index in [4.69, 9.17) is 5.73 Å². The molecule has 0 radical (unpaired) electrons. The summed E-state index contributed by atoms with van der Waals surface area (Å²) in [5, 5.41) is 9.30. The maximum atomic E-state index is 12.9. The first kappa shape index (κ1) is 20.6. The molecule has 9 heteroatoms. The molecular formula is C16H19F3N2O4. The zero-order chi connectivity index (χ0) is 19.5. The van der Waals surface area contributed by atoms with Gasteiger partial charge in [0.25, 0.3) is 0 Å². The molecule has 1 aromatic rings. The Labute approximate surface area is 142 Å². The molecule has 2 atom stereocenters. The first-order valence-electron chi connectivity index (χ1n) is 7.37. The van der Waals surface area contributed by atoms with Crippen molar-refractivity contribution in [2.45, 2.75) is 39.0 Å². The highest BCUT2D eigenvalue weighted by atomic mass is 19.4. The molecule has 138 valence electrons. The van der Waals surface area contributed by atoms with Crippen molar-refractivity contribution < 1.29 is 32.7 Å². The summed E-state index contributed by atoms with van der Waals surface area (Å²) in [6, 6.07) is 0.385. The highest BCUT2D eigenvalue weighted by Crippen LogP contribution is 2.32. The van der Waals surface area contributed by atoms with Crippen LogP contribution < -0.4 is 10.6 Å². The molecule has 6 nitrogen and oxygen atoms in total. The Balaban J connectivity index is 3.54. The number of anilines is 1. The predicted molar refractivity (Wildman–Crippen MR) is 83.8 cm³/mol. The second-order valence-corrected chi connectivity index (χ2v) is 5.88. The summed E-state index contributed by atoms with van der Waals surface area (Å²) < 4.78 is 38.8. The summed E-state index contributed by atoms with van der Waals surface area (Å²) in [6.45, 7) is 4.13. The number of alkyl halides is 3. The molecule has 0 saturated carbocycles. The number of rotatable bonds is 6. The fourth-order valence-electron chi connectivity index (χ4n) is 2.15. The van der Waals surface area contributed by atoms with Crippen molar-refractivity contribution in [2.75, 3.05) is 4.90 Å². The number of ketones is 1. The van der Waals surface area contributed by atoms with Crippen LogP contribution in [0.25, 0.3) is 0 Å². The van der Waals surface area contributed by atoms with Crippen LogP contribution in [0.15, 0.2) is 24.3 Å². The number of nitrogens with two attached hydrogens (primary N) is 1. The van der Waals surface area contributed by atoms with Gasteiger partial charge >= 0.3 is 12.1 Å². The minimum atomic E-state index is -4.69. The first-order valence-corrected chi connectivity index (χ1v) is 7.37. The Morgan fingerprint density at radius 3 is 2.16 bits per heavy atom. The fourth-order valence-corrected chi connectivity index (χ4v) is 2.15. The second kappa shape index (κ2) is 7.64. The van der Waals surface area contributed by atoms with Crippen LogP contribution in [-0.4, -0.2) is 34.8 Å². The van der Waals surface area contributed by atoms with Gasteiger partial charge in [-0.15, -0.1) is 0 Å². The lowest BCUT2D eigenvalue weighted by molar-refractivity contribution is -0.143. The summed E-state index contributed by atoms with van der Waals surface area (Å²) in [4.78, 5) is 36.3. The van der Waals surface area contributed by atoms with Gasteiger partial charge < -0.3 is 10.8 Å². The van der Waals surface area contributed by atoms with Crippen LogP contribution in [-0.2, 0) is 20.6 Å². The smallest absolute Gasteiger partial charge is 0.416 e. The zero-order valence-corrected chi connectivity index (χ0v) is 13.9. The van der Waals surface area contributed by atoms with Crippen molar-refractivity contribution in [2.24, 2.45) is 11.7 Å². The number of carbonyl (C=O) groups is 3. The minimum absolute atomic E-state index is 0.362. The molecule has 0 saturated heterocycles. The van der Waals surface area contributed by atoms with Crippen molar-refractivity contribution in [3.63, 3.8) is 0 Å². The average molecular weight is 360 g/mol. The Hall–Kier alpha value is -2.42. The van der Waals surface area contributed by atoms with Gasteiger partial charge in [-0.2, -0.15) is 13.2 Å². The van der Waals surface area contributed by atoms with Gasteiger partial charge in [-0.1, -0.05) is 19.9 Å². The van der Waals surface area contributed by atoms with Crippen molar-refractivity contribution in [1.29, 1.82) is 0 Å². The number of Topliss-reactive ketones (excluding diaryl/α,β-unsaturated/α-hetero) is 1. The highest BCUT2D eigenvalue weighted by molar-refractivity contribution is 6.13. The lowest BCUT2D eigenvalue weighted by atomic mass is 10.0. The summed E-state index contributed by atoms with van der Waals surface area (Å²) >= 11 is 0. The number of hydrogen-bond acceptors (Lipinski definition) is 4. The molecule has 0 aliphatic carbocycles. The Morgan fingerprint density at radius 2 is 1.76 bits per heavy atom. The third kappa shape index (κ3) is 4.79. The topological polar surface area (TPSA) is 101 Å². The standard InChI is InChI=1S/C16H19F3N2O4/c1-8(2)12(20)14(23)21(13(9(3)22)15(24)25)11-6-4-5-10(7-11)16(17,18)19/h4-8,12-13H,20H2,1-3H3,(H,24,25). The third-order valence-electron chi connectivity index (χ3n) is 3.57. The molecule has 0 aliphatic rings. The van der Waals surface area contributed by atoms with E-state index in [9.17, 15) is 32.7 Å². The van der Waals surface area contributed by atoms with Crippen LogP contribution in [0.2, 0.25) is 0 Å². The quantitative estimate of drug-likeness (QED) is 0.757. The highest BCUT2D eigenvalue weighted by Gasteiger charge is 2.39. The summed E-state index contributed by atoms with van der Waals surface area (Å²) in [5.74, 6) is -3.93. The third-order valence-corrected chi connectivity index (χ3v) is 3.57. The van der Waals surface area contributed by atoms with E-state index in [0.717, 1.165) is 25.1 Å². The van der Waals surface area contributed by atoms with Crippen LogP contribution in [0.5, 0.6) is 0 Å². The molecule has 1 amide bonds. The molecule has 3 N–H and O–H groups in total. The van der Waals surface area contributed by atoms with Crippen LogP contribution in [0.1, 0.15) is 26.3 Å². The van der Waals surface area contributed by atoms with Gasteiger partial charge in [-0.05, 0) is 31.0 Å². The second-order valence-electron chi connectivity index (χ2n) is 5.88. The van der Waals surface area contributed by atoms with Crippen molar-refractivity contribution in [3.05, 3.63) is 29.8 Å². The molecule has 25 heavy (non-hydrogen) atoms. The summed E-state index contributed by atoms with van der Waals surface area (Å²) in [7, 11) is 0. The van der Waals surface area contributed by atoms with Crippen molar-refractivity contribution >= 4 is 23.3 Å². The summed E-state index contributed by atoms with van der Waals surface area (Å²) in [5.41, 5.74) is 4.30. The lowest BCUT2D eigenvalue weighted by Gasteiger charge is -2.31. The zero-order valence-electron chi connectivity index (χ0n) is 13.9. The van der Waals surface area contributed by atoms with Gasteiger partial charge in [0.15, 0.2) is 11.8 Å². The largest absolute Gasteiger partial charge is 0.479 e. The van der Waals surface area contributed by atoms with Crippen molar-refractivity contribution in [3.8, 4) is 0 Å². The molecule has 0 aliphatic heterocycles. The van der Waals surface area contributed by atoms with Gasteiger partial charge in [0.05, 0.1) is 11.6 Å². The average Bonchev–Trinajstić information content (AvgIpc) is 2.49. The molecule has 2 unspecified atom stereocenters. The summed E-state index contributed by atoms with van der Waals surface area (Å²) in [6.07, 6.45) is -4.69. The molecule has 0 bridgehead atoms. The van der Waals surface area contributed by atoms with Gasteiger partial charge in [0.2, 0.25) is 5.91 Å². The monoisotopic (exact) mass is 360 g/mol. The number of carboxylic acids is 1. The first-order chi connectivity index (χ1) is 11.4. The van der Waals surface area contributed by atoms with E-state index in [0.29, 0.717) is 11.0 Å². The number of benzene rings is 1. The minimum Gasteiger partial charge on any atom is -0.479 e.